The first kappa shape index (κ1) is 13.8. The zero-order chi connectivity index (χ0) is 14.0. The van der Waals surface area contributed by atoms with Gasteiger partial charge in [0.2, 0.25) is 10.0 Å². The number of aryl methyl sites for hydroxylation is 1. The van der Waals surface area contributed by atoms with Gasteiger partial charge in [-0.2, -0.15) is 4.31 Å². The second-order valence-corrected chi connectivity index (χ2v) is 6.51. The second kappa shape index (κ2) is 5.17. The van der Waals surface area contributed by atoms with E-state index in [0.717, 1.165) is 11.1 Å². The topological polar surface area (TPSA) is 37.4 Å². The SMILES string of the molecule is C=C=CC1=CCN(S(=O)(=O)c2ccc(C)cc2)C1C. The first-order valence-corrected chi connectivity index (χ1v) is 7.55. The summed E-state index contributed by atoms with van der Waals surface area (Å²) in [5, 5.41) is 0. The Balaban J connectivity index is 2.33. The van der Waals surface area contributed by atoms with Crippen LogP contribution >= 0.6 is 0 Å². The van der Waals surface area contributed by atoms with Gasteiger partial charge in [-0.3, -0.25) is 0 Å². The standard InChI is InChI=1S/C15H17NO2S/c1-4-5-14-10-11-16(13(14)3)19(17,18)15-8-6-12(2)7-9-15/h5-10,13H,1,11H2,2-3H3. The third-order valence-corrected chi connectivity index (χ3v) is 5.27. The van der Waals surface area contributed by atoms with Crippen molar-refractivity contribution in [3.63, 3.8) is 0 Å². The molecule has 0 bridgehead atoms. The Hall–Kier alpha value is -1.61. The molecule has 100 valence electrons. The molecule has 0 aromatic heterocycles. The summed E-state index contributed by atoms with van der Waals surface area (Å²) in [4.78, 5) is 0.335. The molecule has 3 nitrogen and oxygen atoms in total. The molecule has 0 aliphatic carbocycles. The summed E-state index contributed by atoms with van der Waals surface area (Å²) in [5.41, 5.74) is 4.67. The van der Waals surface area contributed by atoms with Crippen LogP contribution in [0.4, 0.5) is 0 Å². The first-order valence-electron chi connectivity index (χ1n) is 6.11. The zero-order valence-corrected chi connectivity index (χ0v) is 11.9. The number of hydrogen-bond donors (Lipinski definition) is 0. The molecule has 1 aromatic rings. The summed E-state index contributed by atoms with van der Waals surface area (Å²) in [6.45, 7) is 7.73. The van der Waals surface area contributed by atoms with E-state index in [0.29, 0.717) is 11.4 Å². The molecule has 0 radical (unpaired) electrons. The maximum atomic E-state index is 12.5. The van der Waals surface area contributed by atoms with E-state index in [1.807, 2.05) is 32.1 Å². The Labute approximate surface area is 114 Å². The molecule has 4 heteroatoms. The second-order valence-electron chi connectivity index (χ2n) is 4.62. The fourth-order valence-corrected chi connectivity index (χ4v) is 3.70. The summed E-state index contributed by atoms with van der Waals surface area (Å²) in [5.74, 6) is 0. The van der Waals surface area contributed by atoms with Crippen LogP contribution in [0, 0.1) is 6.92 Å². The molecule has 0 saturated carbocycles. The Morgan fingerprint density at radius 2 is 2.00 bits per heavy atom. The van der Waals surface area contributed by atoms with E-state index in [1.54, 1.807) is 18.2 Å². The third-order valence-electron chi connectivity index (χ3n) is 3.32. The van der Waals surface area contributed by atoms with Gasteiger partial charge in [-0.25, -0.2) is 8.42 Å². The molecule has 0 fully saturated rings. The van der Waals surface area contributed by atoms with Crippen molar-refractivity contribution in [1.82, 2.24) is 4.31 Å². The first-order chi connectivity index (χ1) is 8.96. The molecule has 0 saturated heterocycles. The predicted octanol–water partition coefficient (Wildman–Crippen LogP) is 2.66. The number of sulfonamides is 1. The minimum atomic E-state index is -3.44. The summed E-state index contributed by atoms with van der Waals surface area (Å²) >= 11 is 0. The van der Waals surface area contributed by atoms with Gasteiger partial charge in [0.05, 0.1) is 4.90 Å². The van der Waals surface area contributed by atoms with E-state index in [4.69, 9.17) is 0 Å². The normalized spacial score (nSPS) is 19.9. The molecule has 1 unspecified atom stereocenters. The smallest absolute Gasteiger partial charge is 0.207 e. The third kappa shape index (κ3) is 2.56. The molecule has 1 aromatic carbocycles. The van der Waals surface area contributed by atoms with E-state index in [2.05, 4.69) is 12.3 Å². The van der Waals surface area contributed by atoms with Gasteiger partial charge < -0.3 is 0 Å². The van der Waals surface area contributed by atoms with Crippen molar-refractivity contribution in [2.45, 2.75) is 24.8 Å². The van der Waals surface area contributed by atoms with Crippen LogP contribution in [0.1, 0.15) is 12.5 Å². The summed E-state index contributed by atoms with van der Waals surface area (Å²) in [7, 11) is -3.44. The van der Waals surface area contributed by atoms with Gasteiger partial charge >= 0.3 is 0 Å². The Kier molecular flexibility index (Phi) is 3.76. The number of hydrogen-bond acceptors (Lipinski definition) is 2. The molecule has 2 rings (SSSR count). The largest absolute Gasteiger partial charge is 0.243 e. The van der Waals surface area contributed by atoms with Gasteiger partial charge in [0.1, 0.15) is 0 Å². The minimum Gasteiger partial charge on any atom is -0.207 e. The van der Waals surface area contributed by atoms with E-state index < -0.39 is 10.0 Å². The fraction of sp³-hybridized carbons (Fsp3) is 0.267. The van der Waals surface area contributed by atoms with Crippen LogP contribution in [-0.4, -0.2) is 25.3 Å². The lowest BCUT2D eigenvalue weighted by Crippen LogP contribution is -2.35. The van der Waals surface area contributed by atoms with Crippen LogP contribution in [-0.2, 0) is 10.0 Å². The van der Waals surface area contributed by atoms with Crippen LogP contribution < -0.4 is 0 Å². The van der Waals surface area contributed by atoms with Crippen LogP contribution in [0.25, 0.3) is 0 Å². The molecular formula is C15H17NO2S. The van der Waals surface area contributed by atoms with E-state index in [9.17, 15) is 8.42 Å². The van der Waals surface area contributed by atoms with Gasteiger partial charge in [-0.15, -0.1) is 5.73 Å². The quantitative estimate of drug-likeness (QED) is 0.795. The molecule has 1 atom stereocenters. The molecule has 0 spiro atoms. The van der Waals surface area contributed by atoms with Crippen molar-refractivity contribution in [3.8, 4) is 0 Å². The van der Waals surface area contributed by atoms with E-state index >= 15 is 0 Å². The highest BCUT2D eigenvalue weighted by atomic mass is 32.2. The molecular weight excluding hydrogens is 258 g/mol. The van der Waals surface area contributed by atoms with Gasteiger partial charge in [0.15, 0.2) is 0 Å². The number of benzene rings is 1. The van der Waals surface area contributed by atoms with Crippen LogP contribution in [0.15, 0.2) is 59.2 Å². The van der Waals surface area contributed by atoms with Crippen LogP contribution in [0.2, 0.25) is 0 Å². The molecule has 1 heterocycles. The van der Waals surface area contributed by atoms with Crippen molar-refractivity contribution in [2.75, 3.05) is 6.54 Å². The fourth-order valence-electron chi connectivity index (χ4n) is 2.14. The van der Waals surface area contributed by atoms with Crippen molar-refractivity contribution >= 4 is 10.0 Å². The van der Waals surface area contributed by atoms with E-state index in [1.165, 1.54) is 4.31 Å². The molecule has 0 amide bonds. The lowest BCUT2D eigenvalue weighted by atomic mass is 10.1. The molecule has 19 heavy (non-hydrogen) atoms. The van der Waals surface area contributed by atoms with Gasteiger partial charge in [-0.05, 0) is 37.6 Å². The highest BCUT2D eigenvalue weighted by Crippen LogP contribution is 2.26. The van der Waals surface area contributed by atoms with Crippen LogP contribution in [0.3, 0.4) is 0 Å². The predicted molar refractivity (Wildman–Crippen MR) is 76.3 cm³/mol. The maximum absolute atomic E-state index is 12.5. The maximum Gasteiger partial charge on any atom is 0.243 e. The van der Waals surface area contributed by atoms with Gasteiger partial charge in [0, 0.05) is 12.6 Å². The monoisotopic (exact) mass is 275 g/mol. The van der Waals surface area contributed by atoms with Crippen LogP contribution in [0.5, 0.6) is 0 Å². The summed E-state index contributed by atoms with van der Waals surface area (Å²) in [6.07, 6.45) is 3.63. The van der Waals surface area contributed by atoms with Crippen molar-refractivity contribution in [1.29, 1.82) is 0 Å². The van der Waals surface area contributed by atoms with E-state index in [-0.39, 0.29) is 6.04 Å². The lowest BCUT2D eigenvalue weighted by Gasteiger charge is -2.22. The molecule has 1 aliphatic heterocycles. The Morgan fingerprint density at radius 3 is 2.58 bits per heavy atom. The van der Waals surface area contributed by atoms with Gasteiger partial charge in [-0.1, -0.05) is 30.4 Å². The zero-order valence-electron chi connectivity index (χ0n) is 11.1. The molecule has 0 N–H and O–H groups in total. The van der Waals surface area contributed by atoms with Crippen molar-refractivity contribution in [3.05, 3.63) is 59.9 Å². The minimum absolute atomic E-state index is 0.180. The Morgan fingerprint density at radius 1 is 1.37 bits per heavy atom. The average Bonchev–Trinajstić information content (AvgIpc) is 2.73. The summed E-state index contributed by atoms with van der Waals surface area (Å²) < 4.78 is 26.6. The average molecular weight is 275 g/mol. The van der Waals surface area contributed by atoms with Crippen molar-refractivity contribution in [2.24, 2.45) is 0 Å². The summed E-state index contributed by atoms with van der Waals surface area (Å²) in [6, 6.07) is 6.75. The lowest BCUT2D eigenvalue weighted by molar-refractivity contribution is 0.423. The molecule has 1 aliphatic rings. The van der Waals surface area contributed by atoms with Crippen molar-refractivity contribution < 1.29 is 8.42 Å². The van der Waals surface area contributed by atoms with Gasteiger partial charge in [0.25, 0.3) is 0 Å². The number of nitrogens with zero attached hydrogens (tertiary/aromatic N) is 1. The Bertz CT molecular complexity index is 650. The highest BCUT2D eigenvalue weighted by molar-refractivity contribution is 7.89. The number of rotatable bonds is 3. The highest BCUT2D eigenvalue weighted by Gasteiger charge is 2.33.